The average Bonchev–Trinajstić information content (AvgIpc) is 2.41. The van der Waals surface area contributed by atoms with Crippen molar-refractivity contribution in [2.24, 2.45) is 0 Å². The fourth-order valence-electron chi connectivity index (χ4n) is 1.65. The molecule has 20 heavy (non-hydrogen) atoms. The maximum atomic E-state index is 11.9. The zero-order chi connectivity index (χ0) is 14.5. The molecule has 0 saturated carbocycles. The number of carbonyl (C=O) groups excluding carboxylic acids is 1. The van der Waals surface area contributed by atoms with Crippen LogP contribution >= 0.6 is 11.6 Å². The summed E-state index contributed by atoms with van der Waals surface area (Å²) >= 11 is 5.77. The molecule has 0 heterocycles. The lowest BCUT2D eigenvalue weighted by molar-refractivity contribution is -0.354. The molecule has 0 aromatic heterocycles. The lowest BCUT2D eigenvalue weighted by Crippen LogP contribution is -2.05. The van der Waals surface area contributed by atoms with Crippen molar-refractivity contribution in [2.45, 2.75) is 6.92 Å². The first kappa shape index (κ1) is 14.1. The van der Waals surface area contributed by atoms with E-state index in [2.05, 4.69) is 5.32 Å². The third-order valence-corrected chi connectivity index (χ3v) is 2.83. The van der Waals surface area contributed by atoms with Gasteiger partial charge in [0.15, 0.2) is 6.21 Å². The number of benzene rings is 2. The van der Waals surface area contributed by atoms with Crippen LogP contribution in [-0.2, 0) is 4.79 Å². The van der Waals surface area contributed by atoms with E-state index < -0.39 is 0 Å². The van der Waals surface area contributed by atoms with Gasteiger partial charge in [0.1, 0.15) is 0 Å². The van der Waals surface area contributed by atoms with Crippen LogP contribution in [0.3, 0.4) is 0 Å². The first-order valence-electron chi connectivity index (χ1n) is 5.99. The second-order valence-corrected chi connectivity index (χ2v) is 4.67. The van der Waals surface area contributed by atoms with Gasteiger partial charge in [0.2, 0.25) is 11.6 Å². The highest BCUT2D eigenvalue weighted by molar-refractivity contribution is 6.30. The van der Waals surface area contributed by atoms with Crippen molar-refractivity contribution >= 4 is 35.1 Å². The van der Waals surface area contributed by atoms with Gasteiger partial charge in [0.25, 0.3) is 0 Å². The Kier molecular flexibility index (Phi) is 4.38. The zero-order valence-electron chi connectivity index (χ0n) is 10.8. The Hall–Kier alpha value is -2.33. The Bertz CT molecular complexity index is 634. The van der Waals surface area contributed by atoms with Crippen LogP contribution in [0.2, 0.25) is 5.02 Å². The minimum atomic E-state index is -0.131. The van der Waals surface area contributed by atoms with E-state index in [0.717, 1.165) is 10.3 Å². The number of anilines is 1. The number of nitrogens with one attached hydrogen (secondary N) is 1. The Labute approximate surface area is 121 Å². The Morgan fingerprint density at radius 1 is 1.15 bits per heavy atom. The number of amides is 1. The number of rotatable bonds is 3. The summed E-state index contributed by atoms with van der Waals surface area (Å²) in [6.07, 6.45) is 1.46. The molecular weight excluding hydrogens is 276 g/mol. The number of halogens is 1. The van der Waals surface area contributed by atoms with Crippen molar-refractivity contribution in [3.63, 3.8) is 0 Å². The highest BCUT2D eigenvalue weighted by atomic mass is 35.5. The lowest BCUT2D eigenvalue weighted by atomic mass is 10.2. The second-order valence-electron chi connectivity index (χ2n) is 4.23. The van der Waals surface area contributed by atoms with Crippen molar-refractivity contribution in [1.82, 2.24) is 0 Å². The van der Waals surface area contributed by atoms with Crippen LogP contribution in [0.25, 0.3) is 0 Å². The van der Waals surface area contributed by atoms with Gasteiger partial charge in [-0.25, -0.2) is 0 Å². The molecule has 0 aliphatic carbocycles. The van der Waals surface area contributed by atoms with Crippen LogP contribution < -0.4 is 5.32 Å². The Balaban J connectivity index is 2.17. The summed E-state index contributed by atoms with van der Waals surface area (Å²) in [6.45, 7) is 1.44. The van der Waals surface area contributed by atoms with Gasteiger partial charge in [-0.05, 0) is 36.4 Å². The summed E-state index contributed by atoms with van der Waals surface area (Å²) in [7, 11) is 0. The van der Waals surface area contributed by atoms with Gasteiger partial charge in [0, 0.05) is 35.3 Å². The molecule has 0 aliphatic heterocycles. The van der Waals surface area contributed by atoms with Crippen molar-refractivity contribution in [1.29, 1.82) is 0 Å². The predicted octanol–water partition coefficient (Wildman–Crippen LogP) is 3.56. The van der Waals surface area contributed by atoms with Crippen LogP contribution in [0.1, 0.15) is 12.5 Å². The van der Waals surface area contributed by atoms with Gasteiger partial charge in [0.05, 0.1) is 0 Å². The second kappa shape index (κ2) is 6.21. The van der Waals surface area contributed by atoms with Crippen LogP contribution in [0.4, 0.5) is 11.4 Å². The molecule has 5 heteroatoms. The van der Waals surface area contributed by atoms with Crippen molar-refractivity contribution in [3.8, 4) is 0 Å². The molecule has 2 rings (SSSR count). The van der Waals surface area contributed by atoms with Crippen LogP contribution in [0.15, 0.2) is 48.5 Å². The minimum Gasteiger partial charge on any atom is -0.618 e. The Morgan fingerprint density at radius 2 is 1.75 bits per heavy atom. The molecule has 2 aromatic carbocycles. The fourth-order valence-corrected chi connectivity index (χ4v) is 1.78. The van der Waals surface area contributed by atoms with E-state index in [1.54, 1.807) is 48.5 Å². The Morgan fingerprint density at radius 3 is 2.30 bits per heavy atom. The van der Waals surface area contributed by atoms with Gasteiger partial charge >= 0.3 is 0 Å². The molecule has 0 bridgehead atoms. The van der Waals surface area contributed by atoms with Gasteiger partial charge < -0.3 is 10.5 Å². The zero-order valence-corrected chi connectivity index (χ0v) is 11.6. The van der Waals surface area contributed by atoms with Crippen molar-refractivity contribution < 1.29 is 9.53 Å². The standard InChI is InChI=1S/C15H13ClN2O2/c1-11(19)17-14-6-2-12(3-7-14)10-18(20)15-8-4-13(16)5-9-15/h2-10H,1H3,(H,17,19). The van der Waals surface area contributed by atoms with Crippen molar-refractivity contribution in [3.05, 3.63) is 64.3 Å². The molecule has 0 unspecified atom stereocenters. The van der Waals surface area contributed by atoms with E-state index in [9.17, 15) is 10.0 Å². The number of hydrogen-bond acceptors (Lipinski definition) is 2. The first-order valence-corrected chi connectivity index (χ1v) is 6.37. The van der Waals surface area contributed by atoms with Crippen LogP contribution in [-0.4, -0.2) is 16.9 Å². The summed E-state index contributed by atoms with van der Waals surface area (Å²) in [5.41, 5.74) is 1.93. The summed E-state index contributed by atoms with van der Waals surface area (Å²) in [5, 5.41) is 15.2. The maximum absolute atomic E-state index is 11.9. The molecule has 1 amide bonds. The van der Waals surface area contributed by atoms with E-state index in [4.69, 9.17) is 11.6 Å². The monoisotopic (exact) mass is 288 g/mol. The molecule has 0 radical (unpaired) electrons. The van der Waals surface area contributed by atoms with Gasteiger partial charge in [-0.2, -0.15) is 4.74 Å². The van der Waals surface area contributed by atoms with E-state index in [-0.39, 0.29) is 5.91 Å². The fraction of sp³-hybridized carbons (Fsp3) is 0.0667. The SMILES string of the molecule is CC(=O)Nc1ccc(C=[N+]([O-])c2ccc(Cl)cc2)cc1. The molecule has 0 aliphatic rings. The largest absolute Gasteiger partial charge is 0.618 e. The van der Waals surface area contributed by atoms with Crippen LogP contribution in [0.5, 0.6) is 0 Å². The smallest absolute Gasteiger partial charge is 0.221 e. The summed E-state index contributed by atoms with van der Waals surface area (Å²) < 4.78 is 0.768. The van der Waals surface area contributed by atoms with E-state index in [1.807, 2.05) is 0 Å². The average molecular weight is 289 g/mol. The maximum Gasteiger partial charge on any atom is 0.221 e. The number of hydrogen-bond donors (Lipinski definition) is 1. The topological polar surface area (TPSA) is 55.2 Å². The lowest BCUT2D eigenvalue weighted by Gasteiger charge is -2.04. The molecule has 0 atom stereocenters. The quantitative estimate of drug-likeness (QED) is 0.406. The summed E-state index contributed by atoms with van der Waals surface area (Å²) in [5.74, 6) is -0.131. The molecule has 4 nitrogen and oxygen atoms in total. The number of nitrogens with zero attached hydrogens (tertiary/aromatic N) is 1. The summed E-state index contributed by atoms with van der Waals surface area (Å²) in [4.78, 5) is 10.9. The number of carbonyl (C=O) groups is 1. The molecule has 0 spiro atoms. The first-order chi connectivity index (χ1) is 9.54. The van der Waals surface area contributed by atoms with Gasteiger partial charge in [-0.1, -0.05) is 11.6 Å². The van der Waals surface area contributed by atoms with Gasteiger partial charge in [-0.3, -0.25) is 4.79 Å². The normalized spacial score (nSPS) is 11.2. The predicted molar refractivity (Wildman–Crippen MR) is 80.7 cm³/mol. The highest BCUT2D eigenvalue weighted by Gasteiger charge is 2.02. The van der Waals surface area contributed by atoms with Crippen molar-refractivity contribution in [2.75, 3.05) is 5.32 Å². The van der Waals surface area contributed by atoms with Gasteiger partial charge in [-0.15, -0.1) is 0 Å². The third-order valence-electron chi connectivity index (χ3n) is 2.58. The minimum absolute atomic E-state index is 0.131. The molecule has 1 N–H and O–H groups in total. The molecule has 2 aromatic rings. The molecular formula is C15H13ClN2O2. The van der Waals surface area contributed by atoms with E-state index >= 15 is 0 Å². The highest BCUT2D eigenvalue weighted by Crippen LogP contribution is 2.16. The molecule has 0 fully saturated rings. The summed E-state index contributed by atoms with van der Waals surface area (Å²) in [6, 6.07) is 13.6. The third kappa shape index (κ3) is 3.83. The molecule has 0 saturated heterocycles. The van der Waals surface area contributed by atoms with Crippen LogP contribution in [0, 0.1) is 5.21 Å². The van der Waals surface area contributed by atoms with E-state index in [0.29, 0.717) is 16.4 Å². The molecule has 102 valence electrons. The van der Waals surface area contributed by atoms with E-state index in [1.165, 1.54) is 13.1 Å².